The number of ether oxygens (including phenoxy) is 2. The van der Waals surface area contributed by atoms with E-state index in [0.29, 0.717) is 19.6 Å². The summed E-state index contributed by atoms with van der Waals surface area (Å²) < 4.78 is 11.3. The first kappa shape index (κ1) is 18.8. The Labute approximate surface area is 148 Å². The highest BCUT2D eigenvalue weighted by molar-refractivity contribution is 5.87. The number of carbonyl (C=O) groups is 1. The molecule has 0 saturated carbocycles. The first-order chi connectivity index (χ1) is 12.1. The number of aromatic nitrogens is 1. The molecule has 0 aliphatic carbocycles. The lowest BCUT2D eigenvalue weighted by atomic mass is 10.1. The topological polar surface area (TPSA) is 80.7 Å². The summed E-state index contributed by atoms with van der Waals surface area (Å²) in [4.78, 5) is 14.9. The van der Waals surface area contributed by atoms with Crippen molar-refractivity contribution in [2.45, 2.75) is 39.5 Å². The molecule has 2 N–H and O–H groups in total. The summed E-state index contributed by atoms with van der Waals surface area (Å²) >= 11 is 0. The zero-order valence-corrected chi connectivity index (χ0v) is 14.9. The van der Waals surface area contributed by atoms with Gasteiger partial charge in [-0.25, -0.2) is 4.98 Å². The highest BCUT2D eigenvalue weighted by Gasteiger charge is 2.08. The molecule has 0 bridgehead atoms. The van der Waals surface area contributed by atoms with Crippen molar-refractivity contribution in [3.63, 3.8) is 0 Å². The molecule has 0 radical (unpaired) electrons. The van der Waals surface area contributed by atoms with Gasteiger partial charge in [-0.3, -0.25) is 4.79 Å². The van der Waals surface area contributed by atoms with E-state index in [2.05, 4.69) is 10.3 Å². The van der Waals surface area contributed by atoms with Gasteiger partial charge in [0.15, 0.2) is 11.5 Å². The first-order valence-corrected chi connectivity index (χ1v) is 8.79. The molecular formula is C19H26N2O4. The van der Waals surface area contributed by atoms with Crippen LogP contribution in [0.3, 0.4) is 0 Å². The zero-order valence-electron chi connectivity index (χ0n) is 14.9. The Balaban J connectivity index is 2.00. The number of fused-ring (bicyclic) bond motifs is 1. The van der Waals surface area contributed by atoms with Gasteiger partial charge in [-0.15, -0.1) is 0 Å². The van der Waals surface area contributed by atoms with Crippen LogP contribution in [0.25, 0.3) is 10.8 Å². The van der Waals surface area contributed by atoms with Crippen molar-refractivity contribution in [3.05, 3.63) is 24.4 Å². The smallest absolute Gasteiger partial charge is 0.303 e. The predicted molar refractivity (Wildman–Crippen MR) is 98.7 cm³/mol. The van der Waals surface area contributed by atoms with Crippen molar-refractivity contribution in [2.75, 3.05) is 25.1 Å². The molecule has 0 amide bonds. The summed E-state index contributed by atoms with van der Waals surface area (Å²) in [6.07, 6.45) is 4.57. The molecular weight excluding hydrogens is 320 g/mol. The average molecular weight is 346 g/mol. The Morgan fingerprint density at radius 2 is 1.72 bits per heavy atom. The van der Waals surface area contributed by atoms with Crippen LogP contribution in [0.1, 0.15) is 39.5 Å². The fourth-order valence-corrected chi connectivity index (χ4v) is 2.58. The van der Waals surface area contributed by atoms with Crippen LogP contribution in [-0.4, -0.2) is 35.8 Å². The summed E-state index contributed by atoms with van der Waals surface area (Å²) in [7, 11) is 0. The number of benzene rings is 1. The van der Waals surface area contributed by atoms with Crippen LogP contribution in [0.15, 0.2) is 24.4 Å². The number of nitrogens with one attached hydrogen (secondary N) is 1. The number of nitrogens with zero attached hydrogens (tertiary/aromatic N) is 1. The molecule has 0 aliphatic rings. The van der Waals surface area contributed by atoms with Gasteiger partial charge in [-0.1, -0.05) is 6.42 Å². The quantitative estimate of drug-likeness (QED) is 0.597. The molecule has 1 aromatic carbocycles. The van der Waals surface area contributed by atoms with Gasteiger partial charge in [0.05, 0.1) is 13.2 Å². The van der Waals surface area contributed by atoms with Gasteiger partial charge in [0.2, 0.25) is 0 Å². The molecule has 136 valence electrons. The van der Waals surface area contributed by atoms with Crippen molar-refractivity contribution < 1.29 is 19.4 Å². The lowest BCUT2D eigenvalue weighted by Crippen LogP contribution is -2.04. The van der Waals surface area contributed by atoms with Gasteiger partial charge in [-0.2, -0.15) is 0 Å². The van der Waals surface area contributed by atoms with E-state index in [-0.39, 0.29) is 6.42 Å². The maximum absolute atomic E-state index is 10.5. The van der Waals surface area contributed by atoms with E-state index in [0.717, 1.165) is 47.5 Å². The van der Waals surface area contributed by atoms with Crippen molar-refractivity contribution in [1.29, 1.82) is 0 Å². The van der Waals surface area contributed by atoms with Crippen molar-refractivity contribution >= 4 is 22.6 Å². The summed E-state index contributed by atoms with van der Waals surface area (Å²) in [6.45, 7) is 5.83. The highest BCUT2D eigenvalue weighted by atomic mass is 16.5. The number of aliphatic carboxylic acids is 1. The molecule has 6 heteroatoms. The Morgan fingerprint density at radius 3 is 2.36 bits per heavy atom. The van der Waals surface area contributed by atoms with Crippen molar-refractivity contribution in [1.82, 2.24) is 4.98 Å². The maximum atomic E-state index is 10.5. The van der Waals surface area contributed by atoms with E-state index in [9.17, 15) is 4.79 Å². The van der Waals surface area contributed by atoms with Crippen LogP contribution < -0.4 is 14.8 Å². The molecule has 1 aromatic heterocycles. The van der Waals surface area contributed by atoms with Gasteiger partial charge in [0.1, 0.15) is 5.82 Å². The zero-order chi connectivity index (χ0) is 18.1. The second-order valence-electron chi connectivity index (χ2n) is 5.71. The van der Waals surface area contributed by atoms with Crippen LogP contribution in [0.5, 0.6) is 11.5 Å². The Hall–Kier alpha value is -2.50. The summed E-state index contributed by atoms with van der Waals surface area (Å²) in [6, 6.07) is 5.92. The molecule has 2 rings (SSSR count). The Bertz CT molecular complexity index is 703. The van der Waals surface area contributed by atoms with E-state index < -0.39 is 5.97 Å². The minimum absolute atomic E-state index is 0.233. The van der Waals surface area contributed by atoms with E-state index in [1.165, 1.54) is 0 Å². The highest BCUT2D eigenvalue weighted by Crippen LogP contribution is 2.33. The van der Waals surface area contributed by atoms with Gasteiger partial charge in [0.25, 0.3) is 0 Å². The molecule has 0 aliphatic heterocycles. The van der Waals surface area contributed by atoms with E-state index in [1.807, 2.05) is 38.2 Å². The number of unbranched alkanes of at least 4 members (excludes halogenated alkanes) is 2. The SMILES string of the molecule is CCOc1cc2cnc(NCCCCCC(=O)O)cc2cc1OCC. The fraction of sp³-hybridized carbons (Fsp3) is 0.474. The number of hydrogen-bond donors (Lipinski definition) is 2. The number of hydrogen-bond acceptors (Lipinski definition) is 5. The van der Waals surface area contributed by atoms with Crippen LogP contribution in [-0.2, 0) is 4.79 Å². The average Bonchev–Trinajstić information content (AvgIpc) is 2.58. The molecule has 0 unspecified atom stereocenters. The number of carboxylic acids is 1. The molecule has 0 atom stereocenters. The summed E-state index contributed by atoms with van der Waals surface area (Å²) in [5.74, 6) is 1.54. The minimum Gasteiger partial charge on any atom is -0.490 e. The Kier molecular flexibility index (Phi) is 7.32. The normalized spacial score (nSPS) is 10.6. The largest absolute Gasteiger partial charge is 0.490 e. The Morgan fingerprint density at radius 1 is 1.04 bits per heavy atom. The van der Waals surface area contributed by atoms with Gasteiger partial charge < -0.3 is 19.9 Å². The van der Waals surface area contributed by atoms with E-state index >= 15 is 0 Å². The third-order valence-corrected chi connectivity index (χ3v) is 3.76. The van der Waals surface area contributed by atoms with Gasteiger partial charge in [0, 0.05) is 24.5 Å². The molecule has 0 spiro atoms. The first-order valence-electron chi connectivity index (χ1n) is 8.79. The van der Waals surface area contributed by atoms with Crippen LogP contribution >= 0.6 is 0 Å². The maximum Gasteiger partial charge on any atom is 0.303 e. The number of rotatable bonds is 11. The molecule has 1 heterocycles. The second-order valence-corrected chi connectivity index (χ2v) is 5.71. The van der Waals surface area contributed by atoms with Gasteiger partial charge in [-0.05, 0) is 50.3 Å². The van der Waals surface area contributed by atoms with Crippen LogP contribution in [0.2, 0.25) is 0 Å². The molecule has 0 saturated heterocycles. The minimum atomic E-state index is -0.735. The third-order valence-electron chi connectivity index (χ3n) is 3.76. The van der Waals surface area contributed by atoms with Crippen LogP contribution in [0, 0.1) is 0 Å². The number of pyridine rings is 1. The van der Waals surface area contributed by atoms with Crippen LogP contribution in [0.4, 0.5) is 5.82 Å². The summed E-state index contributed by atoms with van der Waals surface area (Å²) in [5.41, 5.74) is 0. The van der Waals surface area contributed by atoms with E-state index in [4.69, 9.17) is 14.6 Å². The molecule has 2 aromatic rings. The number of carboxylic acid groups (broad SMARTS) is 1. The fourth-order valence-electron chi connectivity index (χ4n) is 2.58. The standard InChI is InChI=1S/C19H26N2O4/c1-3-24-16-10-14-12-18(20-9-7-5-6-8-19(22)23)21-13-15(14)11-17(16)25-4-2/h10-13H,3-9H2,1-2H3,(H,20,21)(H,22,23). The monoisotopic (exact) mass is 346 g/mol. The van der Waals surface area contributed by atoms with Crippen molar-refractivity contribution in [2.24, 2.45) is 0 Å². The van der Waals surface area contributed by atoms with E-state index in [1.54, 1.807) is 0 Å². The second kappa shape index (κ2) is 9.71. The van der Waals surface area contributed by atoms with Crippen molar-refractivity contribution in [3.8, 4) is 11.5 Å². The summed E-state index contributed by atoms with van der Waals surface area (Å²) in [5, 5.41) is 13.9. The van der Waals surface area contributed by atoms with Gasteiger partial charge >= 0.3 is 5.97 Å². The predicted octanol–water partition coefficient (Wildman–Crippen LogP) is 4.09. The molecule has 0 fully saturated rings. The molecule has 6 nitrogen and oxygen atoms in total. The third kappa shape index (κ3) is 5.81. The number of anilines is 1. The lowest BCUT2D eigenvalue weighted by molar-refractivity contribution is -0.137. The lowest BCUT2D eigenvalue weighted by Gasteiger charge is -2.13. The molecule has 25 heavy (non-hydrogen) atoms.